The Labute approximate surface area is 147 Å². The van der Waals surface area contributed by atoms with Gasteiger partial charge in [0.25, 0.3) is 5.91 Å². The second-order valence-electron chi connectivity index (χ2n) is 6.13. The van der Waals surface area contributed by atoms with E-state index in [0.29, 0.717) is 24.3 Å². The number of carbonyl (C=O) groups is 1. The van der Waals surface area contributed by atoms with Gasteiger partial charge in [-0.05, 0) is 43.3 Å². The zero-order valence-corrected chi connectivity index (χ0v) is 14.9. The first-order chi connectivity index (χ1) is 11.9. The molecule has 3 rings (SSSR count). The molecule has 0 spiro atoms. The monoisotopic (exact) mass is 359 g/mol. The maximum Gasteiger partial charge on any atom is 0.253 e. The Kier molecular flexibility index (Phi) is 4.78. The van der Waals surface area contributed by atoms with Crippen LogP contribution in [0.3, 0.4) is 0 Å². The van der Waals surface area contributed by atoms with Crippen LogP contribution in [0.1, 0.15) is 15.9 Å². The Bertz CT molecular complexity index is 853. The van der Waals surface area contributed by atoms with Gasteiger partial charge >= 0.3 is 0 Å². The van der Waals surface area contributed by atoms with Gasteiger partial charge in [-0.25, -0.2) is 8.42 Å². The van der Waals surface area contributed by atoms with E-state index in [1.54, 1.807) is 29.2 Å². The number of nitrogens with two attached hydrogens (primary N) is 1. The second kappa shape index (κ2) is 6.85. The number of hydrogen-bond donors (Lipinski definition) is 1. The van der Waals surface area contributed by atoms with Crippen molar-refractivity contribution in [2.24, 2.45) is 0 Å². The molecule has 1 aliphatic rings. The van der Waals surface area contributed by atoms with Crippen LogP contribution in [-0.4, -0.2) is 49.7 Å². The number of sulfonamides is 1. The van der Waals surface area contributed by atoms with Gasteiger partial charge in [0.05, 0.1) is 4.90 Å². The largest absolute Gasteiger partial charge is 0.399 e. The molecule has 2 aromatic carbocycles. The molecule has 6 nitrogen and oxygen atoms in total. The van der Waals surface area contributed by atoms with Crippen molar-refractivity contribution in [3.8, 4) is 0 Å². The highest BCUT2D eigenvalue weighted by Gasteiger charge is 2.30. The Morgan fingerprint density at radius 3 is 2.04 bits per heavy atom. The summed E-state index contributed by atoms with van der Waals surface area (Å²) >= 11 is 0. The molecule has 0 atom stereocenters. The van der Waals surface area contributed by atoms with Gasteiger partial charge in [-0.2, -0.15) is 4.31 Å². The van der Waals surface area contributed by atoms with Crippen molar-refractivity contribution in [3.05, 3.63) is 59.7 Å². The lowest BCUT2D eigenvalue weighted by Crippen LogP contribution is -2.50. The van der Waals surface area contributed by atoms with Crippen molar-refractivity contribution in [2.75, 3.05) is 31.9 Å². The molecular weight excluding hydrogens is 338 g/mol. The molecule has 0 bridgehead atoms. The molecule has 1 fully saturated rings. The lowest BCUT2D eigenvalue weighted by molar-refractivity contribution is 0.0698. The fraction of sp³-hybridized carbons (Fsp3) is 0.278. The number of rotatable bonds is 3. The third-order valence-corrected chi connectivity index (χ3v) is 6.26. The molecule has 25 heavy (non-hydrogen) atoms. The average Bonchev–Trinajstić information content (AvgIpc) is 2.62. The van der Waals surface area contributed by atoms with Gasteiger partial charge in [0.2, 0.25) is 10.0 Å². The maximum absolute atomic E-state index is 12.7. The number of aryl methyl sites for hydroxylation is 1. The summed E-state index contributed by atoms with van der Waals surface area (Å²) in [6, 6.07) is 13.6. The summed E-state index contributed by atoms with van der Waals surface area (Å²) in [6.45, 7) is 3.28. The number of amides is 1. The highest BCUT2D eigenvalue weighted by molar-refractivity contribution is 7.89. The molecule has 1 saturated heterocycles. The molecule has 0 radical (unpaired) electrons. The Morgan fingerprint density at radius 2 is 1.48 bits per heavy atom. The number of nitrogen functional groups attached to an aromatic ring is 1. The van der Waals surface area contributed by atoms with Gasteiger partial charge in [-0.1, -0.05) is 17.7 Å². The van der Waals surface area contributed by atoms with Crippen LogP contribution in [0.2, 0.25) is 0 Å². The van der Waals surface area contributed by atoms with Gasteiger partial charge in [0.1, 0.15) is 0 Å². The van der Waals surface area contributed by atoms with E-state index in [2.05, 4.69) is 0 Å². The SMILES string of the molecule is Cc1ccc(C(=O)N2CCN(S(=O)(=O)c3ccc(N)cc3)CC2)cc1. The molecule has 0 saturated carbocycles. The summed E-state index contributed by atoms with van der Waals surface area (Å²) in [5, 5.41) is 0. The van der Waals surface area contributed by atoms with Crippen LogP contribution in [0.15, 0.2) is 53.4 Å². The molecule has 1 heterocycles. The highest BCUT2D eigenvalue weighted by Crippen LogP contribution is 2.19. The zero-order valence-electron chi connectivity index (χ0n) is 14.1. The van der Waals surface area contributed by atoms with E-state index >= 15 is 0 Å². The molecule has 1 amide bonds. The van der Waals surface area contributed by atoms with Crippen molar-refractivity contribution in [1.29, 1.82) is 0 Å². The molecule has 132 valence electrons. The van der Waals surface area contributed by atoms with Gasteiger partial charge in [0.15, 0.2) is 0 Å². The molecule has 1 aliphatic heterocycles. The Balaban J connectivity index is 1.68. The van der Waals surface area contributed by atoms with Crippen LogP contribution in [0.25, 0.3) is 0 Å². The lowest BCUT2D eigenvalue weighted by Gasteiger charge is -2.34. The van der Waals surface area contributed by atoms with Crippen LogP contribution in [-0.2, 0) is 10.0 Å². The van der Waals surface area contributed by atoms with Crippen molar-refractivity contribution in [3.63, 3.8) is 0 Å². The fourth-order valence-electron chi connectivity index (χ4n) is 2.80. The van der Waals surface area contributed by atoms with Crippen LogP contribution in [0.5, 0.6) is 0 Å². The predicted molar refractivity (Wildman–Crippen MR) is 96.7 cm³/mol. The van der Waals surface area contributed by atoms with E-state index in [-0.39, 0.29) is 23.9 Å². The molecule has 7 heteroatoms. The Morgan fingerprint density at radius 1 is 0.920 bits per heavy atom. The van der Waals surface area contributed by atoms with Crippen LogP contribution in [0, 0.1) is 6.92 Å². The van der Waals surface area contributed by atoms with E-state index in [1.807, 2.05) is 19.1 Å². The zero-order chi connectivity index (χ0) is 18.0. The highest BCUT2D eigenvalue weighted by atomic mass is 32.2. The topological polar surface area (TPSA) is 83.7 Å². The smallest absolute Gasteiger partial charge is 0.253 e. The number of benzene rings is 2. The van der Waals surface area contributed by atoms with Crippen LogP contribution >= 0.6 is 0 Å². The number of anilines is 1. The normalized spacial score (nSPS) is 16.0. The summed E-state index contributed by atoms with van der Waals surface area (Å²) in [4.78, 5) is 14.4. The first-order valence-corrected chi connectivity index (χ1v) is 9.53. The van der Waals surface area contributed by atoms with Crippen molar-refractivity contribution in [1.82, 2.24) is 9.21 Å². The van der Waals surface area contributed by atoms with Crippen molar-refractivity contribution in [2.45, 2.75) is 11.8 Å². The minimum Gasteiger partial charge on any atom is -0.399 e. The number of nitrogens with zero attached hydrogens (tertiary/aromatic N) is 2. The van der Waals surface area contributed by atoms with E-state index in [1.165, 1.54) is 16.4 Å². The second-order valence-corrected chi connectivity index (χ2v) is 8.07. The minimum absolute atomic E-state index is 0.0652. The number of piperazine rings is 1. The molecule has 2 N–H and O–H groups in total. The summed E-state index contributed by atoms with van der Waals surface area (Å²) in [6.07, 6.45) is 0. The Hall–Kier alpha value is -2.38. The first-order valence-electron chi connectivity index (χ1n) is 8.09. The average molecular weight is 359 g/mol. The van der Waals surface area contributed by atoms with Crippen molar-refractivity contribution < 1.29 is 13.2 Å². The van der Waals surface area contributed by atoms with Gasteiger partial charge in [-0.3, -0.25) is 4.79 Å². The summed E-state index contributed by atoms with van der Waals surface area (Å²) in [5.74, 6) is -0.0652. The summed E-state index contributed by atoms with van der Waals surface area (Å²) in [7, 11) is -3.56. The van der Waals surface area contributed by atoms with E-state index < -0.39 is 10.0 Å². The van der Waals surface area contributed by atoms with Crippen molar-refractivity contribution >= 4 is 21.6 Å². The molecule has 0 aliphatic carbocycles. The summed E-state index contributed by atoms with van der Waals surface area (Å²) < 4.78 is 26.7. The predicted octanol–water partition coefficient (Wildman–Crippen LogP) is 1.72. The van der Waals surface area contributed by atoms with E-state index in [4.69, 9.17) is 5.73 Å². The number of carbonyl (C=O) groups excluding carboxylic acids is 1. The third kappa shape index (κ3) is 3.67. The van der Waals surface area contributed by atoms with Gasteiger partial charge in [0, 0.05) is 37.4 Å². The third-order valence-electron chi connectivity index (χ3n) is 4.34. The quantitative estimate of drug-likeness (QED) is 0.846. The number of hydrogen-bond acceptors (Lipinski definition) is 4. The van der Waals surface area contributed by atoms with Crippen LogP contribution in [0.4, 0.5) is 5.69 Å². The maximum atomic E-state index is 12.7. The molecule has 0 aromatic heterocycles. The van der Waals surface area contributed by atoms with Gasteiger partial charge < -0.3 is 10.6 Å². The molecular formula is C18H21N3O3S. The minimum atomic E-state index is -3.56. The fourth-order valence-corrected chi connectivity index (χ4v) is 4.22. The first kappa shape index (κ1) is 17.4. The van der Waals surface area contributed by atoms with E-state index in [9.17, 15) is 13.2 Å². The lowest BCUT2D eigenvalue weighted by atomic mass is 10.1. The molecule has 2 aromatic rings. The van der Waals surface area contributed by atoms with E-state index in [0.717, 1.165) is 5.56 Å². The summed E-state index contributed by atoms with van der Waals surface area (Å²) in [5.41, 5.74) is 7.85. The molecule has 0 unspecified atom stereocenters. The van der Waals surface area contributed by atoms with Crippen LogP contribution < -0.4 is 5.73 Å². The van der Waals surface area contributed by atoms with Gasteiger partial charge in [-0.15, -0.1) is 0 Å². The standard InChI is InChI=1S/C18H21N3O3S/c1-14-2-4-15(5-3-14)18(22)20-10-12-21(13-11-20)25(23,24)17-8-6-16(19)7-9-17/h2-9H,10-13,19H2,1H3.